The van der Waals surface area contributed by atoms with E-state index < -0.39 is 0 Å². The maximum atomic E-state index is 12.4. The van der Waals surface area contributed by atoms with Gasteiger partial charge < -0.3 is 10.6 Å². The number of carbonyl (C=O) groups is 1. The highest BCUT2D eigenvalue weighted by Gasteiger charge is 2.15. The molecule has 1 aliphatic heterocycles. The Morgan fingerprint density at radius 2 is 1.81 bits per heavy atom. The summed E-state index contributed by atoms with van der Waals surface area (Å²) in [6, 6.07) is 9.56. The van der Waals surface area contributed by atoms with Crippen LogP contribution in [0.2, 0.25) is 0 Å². The molecule has 0 unspecified atom stereocenters. The largest absolute Gasteiger partial charge is 0.384 e. The van der Waals surface area contributed by atoms with Gasteiger partial charge in [-0.25, -0.2) is 0 Å². The number of amides is 1. The van der Waals surface area contributed by atoms with Crippen molar-refractivity contribution in [1.82, 2.24) is 0 Å². The summed E-state index contributed by atoms with van der Waals surface area (Å²) in [6.07, 6.45) is 1.01. The van der Waals surface area contributed by atoms with Crippen LogP contribution in [-0.4, -0.2) is 12.5 Å². The van der Waals surface area contributed by atoms with E-state index in [0.717, 1.165) is 37.8 Å². The van der Waals surface area contributed by atoms with Crippen molar-refractivity contribution in [3.05, 3.63) is 54.9 Å². The molecule has 2 aromatic rings. The minimum Gasteiger partial charge on any atom is -0.384 e. The van der Waals surface area contributed by atoms with E-state index in [0.29, 0.717) is 5.56 Å². The Bertz CT molecular complexity index is 708. The van der Waals surface area contributed by atoms with E-state index in [9.17, 15) is 4.79 Å². The lowest BCUT2D eigenvalue weighted by atomic mass is 10.1. The van der Waals surface area contributed by atoms with Crippen LogP contribution in [-0.2, 0) is 6.42 Å². The molecule has 1 amide bonds. The summed E-state index contributed by atoms with van der Waals surface area (Å²) in [5.41, 5.74) is 3.68. The molecule has 0 saturated carbocycles. The van der Waals surface area contributed by atoms with Crippen molar-refractivity contribution in [1.29, 1.82) is 0 Å². The normalized spacial score (nSPS) is 12.7. The predicted octanol–water partition coefficient (Wildman–Crippen LogP) is 5.19. The minimum absolute atomic E-state index is 0.129. The zero-order valence-corrected chi connectivity index (χ0v) is 15.6. The first-order valence-corrected chi connectivity index (χ1v) is 8.75. The van der Waals surface area contributed by atoms with E-state index in [1.807, 2.05) is 30.3 Å². The summed E-state index contributed by atoms with van der Waals surface area (Å²) in [7, 11) is 0. The van der Waals surface area contributed by atoms with Crippen molar-refractivity contribution in [3.63, 3.8) is 0 Å². The Hall–Kier alpha value is -0.850. The Kier molecular flexibility index (Phi) is 4.38. The van der Waals surface area contributed by atoms with Gasteiger partial charge in [0.25, 0.3) is 5.91 Å². The molecule has 108 valence electrons. The molecule has 3 rings (SSSR count). The van der Waals surface area contributed by atoms with Crippen LogP contribution in [0.4, 0.5) is 11.4 Å². The summed E-state index contributed by atoms with van der Waals surface area (Å²) < 4.78 is 2.56. The van der Waals surface area contributed by atoms with Crippen molar-refractivity contribution in [2.45, 2.75) is 6.42 Å². The third-order valence-corrected chi connectivity index (χ3v) is 5.04. The molecule has 1 aliphatic rings. The second kappa shape index (κ2) is 6.10. The maximum absolute atomic E-state index is 12.4. The molecule has 2 N–H and O–H groups in total. The lowest BCUT2D eigenvalue weighted by molar-refractivity contribution is 0.102. The van der Waals surface area contributed by atoms with Gasteiger partial charge in [0.15, 0.2) is 0 Å². The fourth-order valence-electron chi connectivity index (χ4n) is 2.28. The summed E-state index contributed by atoms with van der Waals surface area (Å²) in [6.45, 7) is 0.935. The second-order valence-corrected chi connectivity index (χ2v) is 7.37. The molecule has 0 spiro atoms. The molecule has 0 fully saturated rings. The molecule has 0 saturated heterocycles. The molecule has 2 aromatic carbocycles. The molecule has 0 radical (unpaired) electrons. The first-order valence-electron chi connectivity index (χ1n) is 6.37. The molecule has 3 nitrogen and oxygen atoms in total. The second-order valence-electron chi connectivity index (χ2n) is 4.75. The van der Waals surface area contributed by atoms with E-state index in [1.54, 1.807) is 0 Å². The molecule has 0 aromatic heterocycles. The Labute approximate surface area is 147 Å². The zero-order valence-electron chi connectivity index (χ0n) is 10.8. The molecular weight excluding hydrogens is 464 g/mol. The van der Waals surface area contributed by atoms with Gasteiger partial charge in [-0.15, -0.1) is 0 Å². The van der Waals surface area contributed by atoms with Gasteiger partial charge in [-0.05, 0) is 68.1 Å². The van der Waals surface area contributed by atoms with Crippen LogP contribution in [0.15, 0.2) is 43.7 Å². The average molecular weight is 475 g/mol. The SMILES string of the molecule is O=C(Nc1c(Br)cc(Br)cc1Br)c1ccc2c(c1)NCC2. The number of carbonyl (C=O) groups excluding carboxylic acids is 1. The van der Waals surface area contributed by atoms with Crippen LogP contribution in [0.25, 0.3) is 0 Å². The number of hydrogen-bond acceptors (Lipinski definition) is 2. The molecule has 21 heavy (non-hydrogen) atoms. The number of hydrogen-bond donors (Lipinski definition) is 2. The summed E-state index contributed by atoms with van der Waals surface area (Å²) >= 11 is 10.3. The fourth-order valence-corrected chi connectivity index (χ4v) is 4.74. The number of rotatable bonds is 2. The Balaban J connectivity index is 1.87. The van der Waals surface area contributed by atoms with Gasteiger partial charge >= 0.3 is 0 Å². The van der Waals surface area contributed by atoms with Crippen molar-refractivity contribution in [2.24, 2.45) is 0 Å². The topological polar surface area (TPSA) is 41.1 Å². The van der Waals surface area contributed by atoms with Crippen molar-refractivity contribution in [2.75, 3.05) is 17.2 Å². The van der Waals surface area contributed by atoms with E-state index >= 15 is 0 Å². The van der Waals surface area contributed by atoms with Crippen molar-refractivity contribution >= 4 is 65.1 Å². The predicted molar refractivity (Wildman–Crippen MR) is 96.1 cm³/mol. The minimum atomic E-state index is -0.129. The van der Waals surface area contributed by atoms with Crippen molar-refractivity contribution < 1.29 is 4.79 Å². The van der Waals surface area contributed by atoms with Gasteiger partial charge in [-0.1, -0.05) is 22.0 Å². The summed E-state index contributed by atoms with van der Waals surface area (Å²) in [5.74, 6) is -0.129. The summed E-state index contributed by atoms with van der Waals surface area (Å²) in [5, 5.41) is 6.22. The van der Waals surface area contributed by atoms with Crippen LogP contribution in [0.3, 0.4) is 0 Å². The van der Waals surface area contributed by atoms with Crippen molar-refractivity contribution in [3.8, 4) is 0 Å². The maximum Gasteiger partial charge on any atom is 0.255 e. The number of fused-ring (bicyclic) bond motifs is 1. The molecule has 6 heteroatoms. The molecule has 0 atom stereocenters. The average Bonchev–Trinajstić information content (AvgIpc) is 2.89. The molecule has 0 bridgehead atoms. The van der Waals surface area contributed by atoms with E-state index in [-0.39, 0.29) is 5.91 Å². The quantitative estimate of drug-likeness (QED) is 0.628. The number of halogens is 3. The summed E-state index contributed by atoms with van der Waals surface area (Å²) in [4.78, 5) is 12.4. The van der Waals surface area contributed by atoms with Crippen LogP contribution in [0, 0.1) is 0 Å². The lowest BCUT2D eigenvalue weighted by Gasteiger charge is -2.11. The van der Waals surface area contributed by atoms with E-state index in [1.165, 1.54) is 5.56 Å². The fraction of sp³-hybridized carbons (Fsp3) is 0.133. The monoisotopic (exact) mass is 472 g/mol. The Morgan fingerprint density at radius 3 is 2.52 bits per heavy atom. The Morgan fingerprint density at radius 1 is 1.10 bits per heavy atom. The van der Waals surface area contributed by atoms with Gasteiger partial charge in [-0.3, -0.25) is 4.79 Å². The first-order chi connectivity index (χ1) is 10.0. The van der Waals surface area contributed by atoms with Gasteiger partial charge in [-0.2, -0.15) is 0 Å². The van der Waals surface area contributed by atoms with Gasteiger partial charge in [0.05, 0.1) is 5.69 Å². The number of benzene rings is 2. The zero-order chi connectivity index (χ0) is 15.0. The highest BCUT2D eigenvalue weighted by molar-refractivity contribution is 9.11. The molecule has 1 heterocycles. The van der Waals surface area contributed by atoms with Crippen LogP contribution in [0.5, 0.6) is 0 Å². The third-order valence-electron chi connectivity index (χ3n) is 3.33. The van der Waals surface area contributed by atoms with Gasteiger partial charge in [0.1, 0.15) is 0 Å². The van der Waals surface area contributed by atoms with E-state index in [2.05, 4.69) is 58.4 Å². The standard InChI is InChI=1S/C15H11Br3N2O/c16-10-6-11(17)14(12(18)7-10)20-15(21)9-2-1-8-3-4-19-13(8)5-9/h1-2,5-7,19H,3-4H2,(H,20,21). The van der Waals surface area contributed by atoms with E-state index in [4.69, 9.17) is 0 Å². The highest BCUT2D eigenvalue weighted by Crippen LogP contribution is 2.35. The first kappa shape index (κ1) is 15.1. The number of nitrogens with one attached hydrogen (secondary N) is 2. The molecular formula is C15H11Br3N2O. The van der Waals surface area contributed by atoms with Crippen LogP contribution in [0.1, 0.15) is 15.9 Å². The molecule has 0 aliphatic carbocycles. The van der Waals surface area contributed by atoms with Crippen LogP contribution < -0.4 is 10.6 Å². The lowest BCUT2D eigenvalue weighted by Crippen LogP contribution is -2.13. The third kappa shape index (κ3) is 3.17. The number of anilines is 2. The smallest absolute Gasteiger partial charge is 0.255 e. The van der Waals surface area contributed by atoms with Crippen LogP contribution >= 0.6 is 47.8 Å². The highest BCUT2D eigenvalue weighted by atomic mass is 79.9. The van der Waals surface area contributed by atoms with Gasteiger partial charge in [0, 0.05) is 31.2 Å². The van der Waals surface area contributed by atoms with Gasteiger partial charge in [0.2, 0.25) is 0 Å².